The molecule has 1 amide bonds. The van der Waals surface area contributed by atoms with Crippen molar-refractivity contribution in [2.45, 2.75) is 33.7 Å². The highest BCUT2D eigenvalue weighted by atomic mass is 16.5. The van der Waals surface area contributed by atoms with Crippen molar-refractivity contribution >= 4 is 5.91 Å². The second-order valence-corrected chi connectivity index (χ2v) is 6.27. The molecule has 0 spiro atoms. The summed E-state index contributed by atoms with van der Waals surface area (Å²) in [5.41, 5.74) is 6.83. The van der Waals surface area contributed by atoms with E-state index < -0.39 is 0 Å². The minimum atomic E-state index is -0.138. The number of rotatable bonds is 6. The zero-order chi connectivity index (χ0) is 15.2. The van der Waals surface area contributed by atoms with Crippen molar-refractivity contribution in [3.8, 4) is 5.75 Å². The van der Waals surface area contributed by atoms with Gasteiger partial charge in [0.2, 0.25) is 5.91 Å². The second-order valence-electron chi connectivity index (χ2n) is 6.27. The smallest absolute Gasteiger partial charge is 0.224 e. The van der Waals surface area contributed by atoms with Gasteiger partial charge in [0.1, 0.15) is 5.75 Å². The molecule has 0 aliphatic carbocycles. The van der Waals surface area contributed by atoms with Crippen molar-refractivity contribution in [3.63, 3.8) is 0 Å². The lowest BCUT2D eigenvalue weighted by molar-refractivity contribution is -0.125. The Kier molecular flexibility index (Phi) is 6.02. The van der Waals surface area contributed by atoms with Gasteiger partial charge in [0.25, 0.3) is 0 Å². The standard InChI is InChI=1S/C16H26N2O2/c1-16(2,3)9-13(10-17)15(19)18-11-12-6-5-7-14(8-12)20-4/h5-8,13H,9-11,17H2,1-4H3,(H,18,19). The number of nitrogens with one attached hydrogen (secondary N) is 1. The molecule has 1 unspecified atom stereocenters. The summed E-state index contributed by atoms with van der Waals surface area (Å²) in [4.78, 5) is 12.2. The highest BCUT2D eigenvalue weighted by molar-refractivity contribution is 5.78. The van der Waals surface area contributed by atoms with Gasteiger partial charge in [0.05, 0.1) is 13.0 Å². The number of methoxy groups -OCH3 is 1. The van der Waals surface area contributed by atoms with Crippen LogP contribution in [0, 0.1) is 11.3 Å². The maximum absolute atomic E-state index is 12.2. The first kappa shape index (κ1) is 16.5. The molecule has 0 bridgehead atoms. The quantitative estimate of drug-likeness (QED) is 0.839. The zero-order valence-corrected chi connectivity index (χ0v) is 12.9. The van der Waals surface area contributed by atoms with Crippen molar-refractivity contribution in [2.24, 2.45) is 17.1 Å². The predicted molar refractivity (Wildman–Crippen MR) is 81.5 cm³/mol. The molecular formula is C16H26N2O2. The average molecular weight is 278 g/mol. The molecule has 1 rings (SSSR count). The van der Waals surface area contributed by atoms with Gasteiger partial charge in [-0.15, -0.1) is 0 Å². The number of carbonyl (C=O) groups excluding carboxylic acids is 1. The third-order valence-electron chi connectivity index (χ3n) is 3.11. The van der Waals surface area contributed by atoms with E-state index in [0.29, 0.717) is 13.1 Å². The molecule has 0 radical (unpaired) electrons. The van der Waals surface area contributed by atoms with Gasteiger partial charge in [-0.3, -0.25) is 4.79 Å². The van der Waals surface area contributed by atoms with Crippen LogP contribution in [0.4, 0.5) is 0 Å². The highest BCUT2D eigenvalue weighted by Gasteiger charge is 2.23. The molecule has 1 aromatic rings. The summed E-state index contributed by atoms with van der Waals surface area (Å²) in [5, 5.41) is 2.95. The molecule has 4 nitrogen and oxygen atoms in total. The lowest BCUT2D eigenvalue weighted by Crippen LogP contribution is -2.36. The molecular weight excluding hydrogens is 252 g/mol. The van der Waals surface area contributed by atoms with E-state index in [0.717, 1.165) is 17.7 Å². The van der Waals surface area contributed by atoms with E-state index in [1.54, 1.807) is 7.11 Å². The van der Waals surface area contributed by atoms with E-state index in [9.17, 15) is 4.79 Å². The fourth-order valence-electron chi connectivity index (χ4n) is 2.14. The summed E-state index contributed by atoms with van der Waals surface area (Å²) in [5.74, 6) is 0.674. The van der Waals surface area contributed by atoms with Crippen molar-refractivity contribution in [3.05, 3.63) is 29.8 Å². The molecule has 0 aromatic heterocycles. The Bertz CT molecular complexity index is 438. The maximum atomic E-state index is 12.2. The Balaban J connectivity index is 2.56. The van der Waals surface area contributed by atoms with Crippen LogP contribution in [0.25, 0.3) is 0 Å². The minimum Gasteiger partial charge on any atom is -0.497 e. The van der Waals surface area contributed by atoms with Crippen LogP contribution in [0.2, 0.25) is 0 Å². The van der Waals surface area contributed by atoms with Gasteiger partial charge in [-0.25, -0.2) is 0 Å². The fraction of sp³-hybridized carbons (Fsp3) is 0.562. The molecule has 20 heavy (non-hydrogen) atoms. The van der Waals surface area contributed by atoms with E-state index in [4.69, 9.17) is 10.5 Å². The van der Waals surface area contributed by atoms with E-state index in [-0.39, 0.29) is 17.2 Å². The van der Waals surface area contributed by atoms with Crippen molar-refractivity contribution in [1.29, 1.82) is 0 Å². The zero-order valence-electron chi connectivity index (χ0n) is 12.9. The molecule has 0 saturated carbocycles. The fourth-order valence-corrected chi connectivity index (χ4v) is 2.14. The van der Waals surface area contributed by atoms with Crippen molar-refractivity contribution < 1.29 is 9.53 Å². The first-order valence-corrected chi connectivity index (χ1v) is 6.96. The number of benzene rings is 1. The Morgan fingerprint density at radius 2 is 2.10 bits per heavy atom. The molecule has 1 atom stereocenters. The first-order valence-electron chi connectivity index (χ1n) is 6.96. The molecule has 4 heteroatoms. The van der Waals surface area contributed by atoms with E-state index in [1.165, 1.54) is 0 Å². The van der Waals surface area contributed by atoms with E-state index in [2.05, 4.69) is 26.1 Å². The van der Waals surface area contributed by atoms with Crippen LogP contribution in [0.1, 0.15) is 32.8 Å². The number of hydrogen-bond acceptors (Lipinski definition) is 3. The second kappa shape index (κ2) is 7.29. The Hall–Kier alpha value is -1.55. The molecule has 0 saturated heterocycles. The Labute approximate surface area is 121 Å². The van der Waals surface area contributed by atoms with Crippen LogP contribution in [0.5, 0.6) is 5.75 Å². The molecule has 1 aromatic carbocycles. The van der Waals surface area contributed by atoms with E-state index in [1.807, 2.05) is 24.3 Å². The maximum Gasteiger partial charge on any atom is 0.224 e. The number of nitrogens with two attached hydrogens (primary N) is 1. The summed E-state index contributed by atoms with van der Waals surface area (Å²) < 4.78 is 5.16. The van der Waals surface area contributed by atoms with Crippen LogP contribution >= 0.6 is 0 Å². The molecule has 0 fully saturated rings. The first-order chi connectivity index (χ1) is 9.35. The van der Waals surface area contributed by atoms with Crippen LogP contribution in [-0.2, 0) is 11.3 Å². The van der Waals surface area contributed by atoms with Crippen LogP contribution in [-0.4, -0.2) is 19.6 Å². The van der Waals surface area contributed by atoms with Crippen LogP contribution in [0.3, 0.4) is 0 Å². The van der Waals surface area contributed by atoms with Gasteiger partial charge >= 0.3 is 0 Å². The lowest BCUT2D eigenvalue weighted by atomic mass is 9.84. The van der Waals surface area contributed by atoms with Gasteiger partial charge in [0.15, 0.2) is 0 Å². The van der Waals surface area contributed by atoms with Crippen LogP contribution < -0.4 is 15.8 Å². The average Bonchev–Trinajstić information content (AvgIpc) is 2.41. The van der Waals surface area contributed by atoms with E-state index >= 15 is 0 Å². The Morgan fingerprint density at radius 3 is 2.65 bits per heavy atom. The largest absolute Gasteiger partial charge is 0.497 e. The summed E-state index contributed by atoms with van der Waals surface area (Å²) >= 11 is 0. The SMILES string of the molecule is COc1cccc(CNC(=O)C(CN)CC(C)(C)C)c1. The summed E-state index contributed by atoms with van der Waals surface area (Å²) in [7, 11) is 1.63. The number of amides is 1. The molecule has 0 aliphatic heterocycles. The van der Waals surface area contributed by atoms with Gasteiger partial charge in [-0.05, 0) is 29.5 Å². The lowest BCUT2D eigenvalue weighted by Gasteiger charge is -2.24. The topological polar surface area (TPSA) is 64.3 Å². The highest BCUT2D eigenvalue weighted by Crippen LogP contribution is 2.24. The molecule has 0 heterocycles. The molecule has 0 aliphatic rings. The van der Waals surface area contributed by atoms with Gasteiger partial charge in [0, 0.05) is 13.1 Å². The third kappa shape index (κ3) is 5.61. The Morgan fingerprint density at radius 1 is 1.40 bits per heavy atom. The summed E-state index contributed by atoms with van der Waals surface area (Å²) in [6.07, 6.45) is 0.785. The molecule has 112 valence electrons. The van der Waals surface area contributed by atoms with Crippen molar-refractivity contribution in [2.75, 3.05) is 13.7 Å². The van der Waals surface area contributed by atoms with Crippen LogP contribution in [0.15, 0.2) is 24.3 Å². The number of ether oxygens (including phenoxy) is 1. The minimum absolute atomic E-state index is 0.0187. The number of carbonyl (C=O) groups is 1. The normalized spacial score (nSPS) is 12.8. The van der Waals surface area contributed by atoms with Gasteiger partial charge < -0.3 is 15.8 Å². The van der Waals surface area contributed by atoms with Crippen molar-refractivity contribution in [1.82, 2.24) is 5.32 Å². The number of hydrogen-bond donors (Lipinski definition) is 2. The predicted octanol–water partition coefficient (Wildman–Crippen LogP) is 2.32. The summed E-state index contributed by atoms with van der Waals surface area (Å²) in [6.45, 7) is 7.22. The summed E-state index contributed by atoms with van der Waals surface area (Å²) in [6, 6.07) is 7.68. The monoisotopic (exact) mass is 278 g/mol. The van der Waals surface area contributed by atoms with Gasteiger partial charge in [-0.1, -0.05) is 32.9 Å². The molecule has 3 N–H and O–H groups in total. The van der Waals surface area contributed by atoms with Gasteiger partial charge in [-0.2, -0.15) is 0 Å². The third-order valence-corrected chi connectivity index (χ3v) is 3.11.